The van der Waals surface area contributed by atoms with E-state index >= 15 is 0 Å². The number of carbonyl (C=O) groups excluding carboxylic acids is 1. The van der Waals surface area contributed by atoms with Gasteiger partial charge in [-0.15, -0.1) is 0 Å². The zero-order valence-corrected chi connectivity index (χ0v) is 12.6. The topological polar surface area (TPSA) is 41.6 Å². The van der Waals surface area contributed by atoms with E-state index in [0.29, 0.717) is 12.0 Å². The molecular weight excluding hydrogens is 240 g/mol. The molecule has 0 aromatic heterocycles. The van der Waals surface area contributed by atoms with Crippen molar-refractivity contribution >= 4 is 5.91 Å². The Bertz CT molecular complexity index is 313. The van der Waals surface area contributed by atoms with Crippen molar-refractivity contribution in [3.8, 4) is 0 Å². The van der Waals surface area contributed by atoms with E-state index in [0.717, 1.165) is 51.9 Å². The molecule has 19 heavy (non-hydrogen) atoms. The van der Waals surface area contributed by atoms with Crippen LogP contribution in [0.3, 0.4) is 0 Å². The molecule has 2 fully saturated rings. The average molecular weight is 268 g/mol. The van der Waals surface area contributed by atoms with E-state index in [1.165, 1.54) is 0 Å². The lowest BCUT2D eigenvalue weighted by atomic mass is 9.91. The first kappa shape index (κ1) is 14.8. The molecule has 4 nitrogen and oxygen atoms in total. The summed E-state index contributed by atoms with van der Waals surface area (Å²) in [6.07, 6.45) is 4.10. The van der Waals surface area contributed by atoms with Crippen LogP contribution in [0.5, 0.6) is 0 Å². The van der Waals surface area contributed by atoms with E-state index in [-0.39, 0.29) is 5.91 Å². The van der Waals surface area contributed by atoms with Gasteiger partial charge in [-0.1, -0.05) is 13.8 Å². The lowest BCUT2D eigenvalue weighted by Gasteiger charge is -2.40. The molecule has 2 rings (SSSR count). The van der Waals surface area contributed by atoms with Crippen molar-refractivity contribution in [1.29, 1.82) is 0 Å². The van der Waals surface area contributed by atoms with Crippen LogP contribution in [-0.2, 0) is 9.53 Å². The van der Waals surface area contributed by atoms with Crippen LogP contribution in [0, 0.1) is 5.92 Å². The van der Waals surface area contributed by atoms with Gasteiger partial charge in [0, 0.05) is 25.7 Å². The van der Waals surface area contributed by atoms with Crippen molar-refractivity contribution in [3.05, 3.63) is 0 Å². The highest BCUT2D eigenvalue weighted by Gasteiger charge is 2.42. The second-order valence-electron chi connectivity index (χ2n) is 6.26. The van der Waals surface area contributed by atoms with E-state index < -0.39 is 5.60 Å². The summed E-state index contributed by atoms with van der Waals surface area (Å²) in [5, 5.41) is 3.59. The Labute approximate surface area is 116 Å². The molecule has 2 aliphatic rings. The quantitative estimate of drug-likeness (QED) is 0.845. The Morgan fingerprint density at radius 2 is 2.32 bits per heavy atom. The minimum Gasteiger partial charge on any atom is -0.365 e. The molecular formula is C15H28N2O2. The maximum Gasteiger partial charge on any atom is 0.254 e. The SMILES string of the molecule is CCCNC1CCN(C(=O)C2(C)CCCO2)CC1C. The fourth-order valence-corrected chi connectivity index (χ4v) is 3.25. The molecule has 0 saturated carbocycles. The van der Waals surface area contributed by atoms with Gasteiger partial charge in [0.2, 0.25) is 0 Å². The third kappa shape index (κ3) is 3.29. The lowest BCUT2D eigenvalue weighted by Crippen LogP contribution is -2.55. The number of piperidine rings is 1. The number of carbonyl (C=O) groups is 1. The Hall–Kier alpha value is -0.610. The molecule has 2 saturated heterocycles. The molecule has 4 heteroatoms. The van der Waals surface area contributed by atoms with Crippen LogP contribution in [-0.4, -0.2) is 48.7 Å². The monoisotopic (exact) mass is 268 g/mol. The molecule has 0 aromatic carbocycles. The summed E-state index contributed by atoms with van der Waals surface area (Å²) in [5.74, 6) is 0.722. The van der Waals surface area contributed by atoms with Crippen LogP contribution < -0.4 is 5.32 Å². The summed E-state index contributed by atoms with van der Waals surface area (Å²) in [6.45, 7) is 9.91. The van der Waals surface area contributed by atoms with Crippen molar-refractivity contribution in [1.82, 2.24) is 10.2 Å². The smallest absolute Gasteiger partial charge is 0.254 e. The zero-order chi connectivity index (χ0) is 13.9. The van der Waals surface area contributed by atoms with Crippen molar-refractivity contribution in [3.63, 3.8) is 0 Å². The third-order valence-corrected chi connectivity index (χ3v) is 4.52. The Morgan fingerprint density at radius 1 is 1.53 bits per heavy atom. The van der Waals surface area contributed by atoms with Gasteiger partial charge in [-0.25, -0.2) is 0 Å². The molecule has 2 heterocycles. The van der Waals surface area contributed by atoms with Crippen LogP contribution in [0.1, 0.15) is 46.5 Å². The second kappa shape index (κ2) is 6.23. The molecule has 2 aliphatic heterocycles. The highest BCUT2D eigenvalue weighted by Crippen LogP contribution is 2.29. The molecule has 0 radical (unpaired) electrons. The van der Waals surface area contributed by atoms with Gasteiger partial charge in [-0.2, -0.15) is 0 Å². The highest BCUT2D eigenvalue weighted by molar-refractivity contribution is 5.85. The minimum atomic E-state index is -0.552. The number of amides is 1. The van der Waals surface area contributed by atoms with E-state index in [1.54, 1.807) is 0 Å². The van der Waals surface area contributed by atoms with Crippen LogP contribution in [0.15, 0.2) is 0 Å². The van der Waals surface area contributed by atoms with E-state index in [9.17, 15) is 4.79 Å². The largest absolute Gasteiger partial charge is 0.365 e. The third-order valence-electron chi connectivity index (χ3n) is 4.52. The minimum absolute atomic E-state index is 0.200. The molecule has 1 amide bonds. The molecule has 0 aromatic rings. The van der Waals surface area contributed by atoms with Crippen molar-refractivity contribution < 1.29 is 9.53 Å². The van der Waals surface area contributed by atoms with Crippen LogP contribution in [0.4, 0.5) is 0 Å². The predicted octanol–water partition coefficient (Wildman–Crippen LogP) is 1.79. The first-order valence-corrected chi connectivity index (χ1v) is 7.73. The highest BCUT2D eigenvalue weighted by atomic mass is 16.5. The van der Waals surface area contributed by atoms with Gasteiger partial charge >= 0.3 is 0 Å². The molecule has 110 valence electrons. The number of nitrogens with one attached hydrogen (secondary N) is 1. The van der Waals surface area contributed by atoms with Gasteiger partial charge in [0.25, 0.3) is 5.91 Å². The molecule has 0 aliphatic carbocycles. The van der Waals surface area contributed by atoms with Gasteiger partial charge < -0.3 is 15.0 Å². The summed E-state index contributed by atoms with van der Waals surface area (Å²) in [4.78, 5) is 14.6. The molecule has 3 unspecified atom stereocenters. The number of rotatable bonds is 4. The molecule has 0 spiro atoms. The standard InChI is InChI=1S/C15H28N2O2/c1-4-8-16-13-6-9-17(11-12(13)2)14(18)15(3)7-5-10-19-15/h12-13,16H,4-11H2,1-3H3. The van der Waals surface area contributed by atoms with Gasteiger partial charge in [-0.05, 0) is 45.1 Å². The van der Waals surface area contributed by atoms with Gasteiger partial charge in [0.15, 0.2) is 0 Å². The van der Waals surface area contributed by atoms with Gasteiger partial charge in [0.1, 0.15) is 5.60 Å². The molecule has 3 atom stereocenters. The molecule has 1 N–H and O–H groups in total. The number of hydrogen-bond acceptors (Lipinski definition) is 3. The fourth-order valence-electron chi connectivity index (χ4n) is 3.25. The number of likely N-dealkylation sites (tertiary alicyclic amines) is 1. The number of hydrogen-bond donors (Lipinski definition) is 1. The fraction of sp³-hybridized carbons (Fsp3) is 0.933. The first-order chi connectivity index (χ1) is 9.07. The Morgan fingerprint density at radius 3 is 2.89 bits per heavy atom. The molecule has 0 bridgehead atoms. The van der Waals surface area contributed by atoms with E-state index in [2.05, 4.69) is 19.2 Å². The summed E-state index contributed by atoms with van der Waals surface area (Å²) < 4.78 is 5.68. The van der Waals surface area contributed by atoms with Crippen LogP contribution >= 0.6 is 0 Å². The maximum absolute atomic E-state index is 12.6. The summed E-state index contributed by atoms with van der Waals surface area (Å²) in [7, 11) is 0. The van der Waals surface area contributed by atoms with Crippen molar-refractivity contribution in [2.75, 3.05) is 26.2 Å². The normalized spacial score (nSPS) is 35.6. The summed E-state index contributed by atoms with van der Waals surface area (Å²) in [6, 6.07) is 0.557. The lowest BCUT2D eigenvalue weighted by molar-refractivity contribution is -0.153. The van der Waals surface area contributed by atoms with Gasteiger partial charge in [0.05, 0.1) is 0 Å². The second-order valence-corrected chi connectivity index (χ2v) is 6.26. The first-order valence-electron chi connectivity index (χ1n) is 7.73. The zero-order valence-electron chi connectivity index (χ0n) is 12.6. The Balaban J connectivity index is 1.89. The van der Waals surface area contributed by atoms with Crippen molar-refractivity contribution in [2.24, 2.45) is 5.92 Å². The maximum atomic E-state index is 12.6. The Kier molecular flexibility index (Phi) is 4.85. The van der Waals surface area contributed by atoms with Crippen molar-refractivity contribution in [2.45, 2.75) is 58.1 Å². The summed E-state index contributed by atoms with van der Waals surface area (Å²) >= 11 is 0. The van der Waals surface area contributed by atoms with Crippen LogP contribution in [0.25, 0.3) is 0 Å². The van der Waals surface area contributed by atoms with Crippen LogP contribution in [0.2, 0.25) is 0 Å². The number of ether oxygens (including phenoxy) is 1. The number of nitrogens with zero attached hydrogens (tertiary/aromatic N) is 1. The van der Waals surface area contributed by atoms with E-state index in [4.69, 9.17) is 4.74 Å². The van der Waals surface area contributed by atoms with Gasteiger partial charge in [-0.3, -0.25) is 4.79 Å². The van der Waals surface area contributed by atoms with E-state index in [1.807, 2.05) is 11.8 Å². The predicted molar refractivity (Wildman–Crippen MR) is 76.0 cm³/mol. The average Bonchev–Trinajstić information content (AvgIpc) is 2.84. The summed E-state index contributed by atoms with van der Waals surface area (Å²) in [5.41, 5.74) is -0.552.